The number of phenolic OH excluding ortho intramolecular Hbond substituents is 1. The van der Waals surface area contributed by atoms with Crippen molar-refractivity contribution in [1.82, 2.24) is 0 Å². The van der Waals surface area contributed by atoms with E-state index in [0.29, 0.717) is 21.2 Å². The van der Waals surface area contributed by atoms with Crippen LogP contribution in [0.15, 0.2) is 48.5 Å². The van der Waals surface area contributed by atoms with Crippen LogP contribution in [0, 0.1) is 0 Å². The maximum Gasteiger partial charge on any atom is 0.185 e. The summed E-state index contributed by atoms with van der Waals surface area (Å²) in [4.78, 5) is 11.9. The molecule has 0 spiro atoms. The zero-order chi connectivity index (χ0) is 13.8. The third-order valence-electron chi connectivity index (χ3n) is 2.55. The van der Waals surface area contributed by atoms with E-state index < -0.39 is 0 Å². The summed E-state index contributed by atoms with van der Waals surface area (Å²) in [7, 11) is 0. The first-order chi connectivity index (χ1) is 9.08. The number of phenols is 1. The van der Waals surface area contributed by atoms with Crippen LogP contribution in [0.2, 0.25) is 10.0 Å². The Bertz CT molecular complexity index is 611. The fourth-order valence-corrected chi connectivity index (χ4v) is 2.07. The Hall–Kier alpha value is -1.77. The van der Waals surface area contributed by atoms with Crippen molar-refractivity contribution in [2.75, 3.05) is 0 Å². The van der Waals surface area contributed by atoms with Gasteiger partial charge in [-0.3, -0.25) is 4.79 Å². The molecule has 0 aromatic heterocycles. The lowest BCUT2D eigenvalue weighted by Gasteiger charge is -2.01. The number of aromatic hydroxyl groups is 1. The molecule has 0 amide bonds. The standard InChI is InChI=1S/C15H10Cl2O2/c16-13-2-1-3-14(17)12(13)8-9-15(19)10-4-6-11(18)7-5-10/h1-9,18H/b9-8+. The minimum absolute atomic E-state index is 0.120. The molecule has 0 unspecified atom stereocenters. The Morgan fingerprint density at radius 1 is 1.00 bits per heavy atom. The molecule has 1 N–H and O–H groups in total. The van der Waals surface area contributed by atoms with E-state index in [9.17, 15) is 4.79 Å². The van der Waals surface area contributed by atoms with Crippen LogP contribution in [-0.4, -0.2) is 10.9 Å². The molecule has 0 fully saturated rings. The fraction of sp³-hybridized carbons (Fsp3) is 0. The maximum atomic E-state index is 11.9. The van der Waals surface area contributed by atoms with E-state index in [0.717, 1.165) is 0 Å². The Labute approximate surface area is 120 Å². The zero-order valence-corrected chi connectivity index (χ0v) is 11.3. The van der Waals surface area contributed by atoms with Gasteiger partial charge in [0, 0.05) is 21.2 Å². The zero-order valence-electron chi connectivity index (χ0n) is 9.81. The topological polar surface area (TPSA) is 37.3 Å². The van der Waals surface area contributed by atoms with Crippen molar-refractivity contribution >= 4 is 35.1 Å². The molecule has 2 nitrogen and oxygen atoms in total. The van der Waals surface area contributed by atoms with Crippen molar-refractivity contribution in [3.8, 4) is 5.75 Å². The van der Waals surface area contributed by atoms with Gasteiger partial charge in [-0.1, -0.05) is 29.3 Å². The quantitative estimate of drug-likeness (QED) is 0.663. The highest BCUT2D eigenvalue weighted by atomic mass is 35.5. The van der Waals surface area contributed by atoms with Gasteiger partial charge in [0.05, 0.1) is 0 Å². The van der Waals surface area contributed by atoms with Gasteiger partial charge in [-0.2, -0.15) is 0 Å². The molecule has 19 heavy (non-hydrogen) atoms. The second-order valence-corrected chi connectivity index (χ2v) is 4.69. The summed E-state index contributed by atoms with van der Waals surface area (Å²) < 4.78 is 0. The Morgan fingerprint density at radius 3 is 2.16 bits per heavy atom. The van der Waals surface area contributed by atoms with E-state index >= 15 is 0 Å². The predicted octanol–water partition coefficient (Wildman–Crippen LogP) is 4.60. The number of rotatable bonds is 3. The van der Waals surface area contributed by atoms with Crippen LogP contribution in [0.25, 0.3) is 6.08 Å². The van der Waals surface area contributed by atoms with Crippen molar-refractivity contribution in [2.45, 2.75) is 0 Å². The summed E-state index contributed by atoms with van der Waals surface area (Å²) in [5, 5.41) is 10.1. The molecular weight excluding hydrogens is 283 g/mol. The summed E-state index contributed by atoms with van der Waals surface area (Å²) in [6, 6.07) is 11.2. The van der Waals surface area contributed by atoms with Gasteiger partial charge >= 0.3 is 0 Å². The number of ketones is 1. The van der Waals surface area contributed by atoms with E-state index in [-0.39, 0.29) is 11.5 Å². The molecule has 0 bridgehead atoms. The van der Waals surface area contributed by atoms with E-state index in [2.05, 4.69) is 0 Å². The van der Waals surface area contributed by atoms with Gasteiger partial charge in [0.25, 0.3) is 0 Å². The van der Waals surface area contributed by atoms with E-state index in [1.165, 1.54) is 18.2 Å². The van der Waals surface area contributed by atoms with Crippen molar-refractivity contribution < 1.29 is 9.90 Å². The Morgan fingerprint density at radius 2 is 1.58 bits per heavy atom. The number of carbonyl (C=O) groups is 1. The number of allylic oxidation sites excluding steroid dienone is 1. The number of benzene rings is 2. The predicted molar refractivity (Wildman–Crippen MR) is 77.9 cm³/mol. The van der Waals surface area contributed by atoms with Gasteiger partial charge < -0.3 is 5.11 Å². The molecule has 4 heteroatoms. The Balaban J connectivity index is 2.23. The number of hydrogen-bond donors (Lipinski definition) is 1. The van der Waals surface area contributed by atoms with Crippen LogP contribution in [0.5, 0.6) is 5.75 Å². The SMILES string of the molecule is O=C(/C=C/c1c(Cl)cccc1Cl)c1ccc(O)cc1. The van der Waals surface area contributed by atoms with Crippen molar-refractivity contribution in [3.05, 3.63) is 69.7 Å². The monoisotopic (exact) mass is 292 g/mol. The second-order valence-electron chi connectivity index (χ2n) is 3.88. The lowest BCUT2D eigenvalue weighted by atomic mass is 10.1. The Kier molecular flexibility index (Phi) is 4.25. The smallest absolute Gasteiger partial charge is 0.185 e. The normalized spacial score (nSPS) is 10.8. The highest BCUT2D eigenvalue weighted by Crippen LogP contribution is 2.25. The fourth-order valence-electron chi connectivity index (χ4n) is 1.55. The molecule has 0 aliphatic carbocycles. The van der Waals surface area contributed by atoms with Crippen molar-refractivity contribution in [2.24, 2.45) is 0 Å². The number of carbonyl (C=O) groups excluding carboxylic acids is 1. The molecule has 2 aromatic carbocycles. The van der Waals surface area contributed by atoms with Gasteiger partial charge in [-0.15, -0.1) is 0 Å². The molecule has 96 valence electrons. The van der Waals surface area contributed by atoms with Crippen LogP contribution >= 0.6 is 23.2 Å². The summed E-state index contributed by atoms with van der Waals surface area (Å²) in [5.41, 5.74) is 1.09. The third kappa shape index (κ3) is 3.37. The van der Waals surface area contributed by atoms with E-state index in [1.807, 2.05) is 0 Å². The van der Waals surface area contributed by atoms with Gasteiger partial charge in [0.1, 0.15) is 5.75 Å². The van der Waals surface area contributed by atoms with Gasteiger partial charge in [0.15, 0.2) is 5.78 Å². The summed E-state index contributed by atoms with van der Waals surface area (Å²) in [6.45, 7) is 0. The van der Waals surface area contributed by atoms with Crippen LogP contribution in [0.4, 0.5) is 0 Å². The average molecular weight is 293 g/mol. The number of hydrogen-bond acceptors (Lipinski definition) is 2. The number of halogens is 2. The summed E-state index contributed by atoms with van der Waals surface area (Å²) >= 11 is 12.0. The van der Waals surface area contributed by atoms with Gasteiger partial charge in [-0.05, 0) is 48.6 Å². The minimum Gasteiger partial charge on any atom is -0.508 e. The second kappa shape index (κ2) is 5.91. The molecule has 2 rings (SSSR count). The lowest BCUT2D eigenvalue weighted by molar-refractivity contribution is 0.104. The van der Waals surface area contributed by atoms with Crippen LogP contribution in [0.3, 0.4) is 0 Å². The van der Waals surface area contributed by atoms with Crippen LogP contribution in [0.1, 0.15) is 15.9 Å². The van der Waals surface area contributed by atoms with Crippen molar-refractivity contribution in [1.29, 1.82) is 0 Å². The van der Waals surface area contributed by atoms with Crippen LogP contribution in [-0.2, 0) is 0 Å². The molecule has 0 aliphatic heterocycles. The molecule has 0 saturated carbocycles. The summed E-state index contributed by atoms with van der Waals surface area (Å²) in [5.74, 6) is -0.0642. The van der Waals surface area contributed by atoms with Crippen molar-refractivity contribution in [3.63, 3.8) is 0 Å². The van der Waals surface area contributed by atoms with Crippen LogP contribution < -0.4 is 0 Å². The largest absolute Gasteiger partial charge is 0.508 e. The highest BCUT2D eigenvalue weighted by molar-refractivity contribution is 6.37. The molecular formula is C15H10Cl2O2. The highest BCUT2D eigenvalue weighted by Gasteiger charge is 2.04. The first-order valence-electron chi connectivity index (χ1n) is 5.53. The summed E-state index contributed by atoms with van der Waals surface area (Å²) in [6.07, 6.45) is 2.99. The molecule has 0 aliphatic rings. The minimum atomic E-state index is -0.184. The first-order valence-corrected chi connectivity index (χ1v) is 6.29. The third-order valence-corrected chi connectivity index (χ3v) is 3.21. The van der Waals surface area contributed by atoms with E-state index in [4.69, 9.17) is 28.3 Å². The molecule has 0 radical (unpaired) electrons. The maximum absolute atomic E-state index is 11.9. The lowest BCUT2D eigenvalue weighted by Crippen LogP contribution is -1.93. The average Bonchev–Trinajstić information content (AvgIpc) is 2.38. The van der Waals surface area contributed by atoms with Gasteiger partial charge in [0.2, 0.25) is 0 Å². The molecule has 0 atom stereocenters. The van der Waals surface area contributed by atoms with E-state index in [1.54, 1.807) is 36.4 Å². The molecule has 0 heterocycles. The molecule has 2 aromatic rings. The van der Waals surface area contributed by atoms with Gasteiger partial charge in [-0.25, -0.2) is 0 Å². The first kappa shape index (κ1) is 13.7. The molecule has 0 saturated heterocycles.